The van der Waals surface area contributed by atoms with Gasteiger partial charge in [-0.1, -0.05) is 12.1 Å². The van der Waals surface area contributed by atoms with Gasteiger partial charge < -0.3 is 9.32 Å². The summed E-state index contributed by atoms with van der Waals surface area (Å²) >= 11 is 0. The van der Waals surface area contributed by atoms with Crippen molar-refractivity contribution >= 4 is 28.9 Å². The highest BCUT2D eigenvalue weighted by molar-refractivity contribution is 5.77. The number of rotatable bonds is 3. The molecule has 22 heavy (non-hydrogen) atoms. The summed E-state index contributed by atoms with van der Waals surface area (Å²) in [5.74, 6) is 0.636. The van der Waals surface area contributed by atoms with E-state index in [0.717, 1.165) is 16.7 Å². The molecule has 0 aliphatic carbocycles. The van der Waals surface area contributed by atoms with E-state index in [-0.39, 0.29) is 0 Å². The van der Waals surface area contributed by atoms with Gasteiger partial charge in [-0.25, -0.2) is 4.98 Å². The number of hydrogen-bond acceptors (Lipinski definition) is 3. The van der Waals surface area contributed by atoms with Gasteiger partial charge >= 0.3 is 0 Å². The minimum absolute atomic E-state index is 0.636. The molecular formula is C19H20N2O. The molecule has 112 valence electrons. The van der Waals surface area contributed by atoms with Crippen molar-refractivity contribution in [2.75, 3.05) is 19.0 Å². The van der Waals surface area contributed by atoms with Gasteiger partial charge in [0.1, 0.15) is 5.52 Å². The van der Waals surface area contributed by atoms with Crippen LogP contribution in [0.3, 0.4) is 0 Å². The number of benzene rings is 2. The van der Waals surface area contributed by atoms with E-state index in [2.05, 4.69) is 54.1 Å². The molecule has 0 N–H and O–H groups in total. The van der Waals surface area contributed by atoms with Crippen LogP contribution in [-0.4, -0.2) is 19.1 Å². The van der Waals surface area contributed by atoms with E-state index in [4.69, 9.17) is 4.42 Å². The van der Waals surface area contributed by atoms with Crippen LogP contribution >= 0.6 is 0 Å². The van der Waals surface area contributed by atoms with Crippen LogP contribution in [0.15, 0.2) is 40.8 Å². The zero-order valence-electron chi connectivity index (χ0n) is 13.4. The summed E-state index contributed by atoms with van der Waals surface area (Å²) in [6, 6.07) is 12.5. The predicted molar refractivity (Wildman–Crippen MR) is 93.2 cm³/mol. The molecule has 0 fully saturated rings. The standard InChI is InChI=1S/C19H20N2O/c1-13-11-17-18(12-14(13)2)22-19(20-17)10-7-15-5-8-16(9-6-15)21(3)4/h5-12H,1-4H3. The molecule has 0 atom stereocenters. The molecule has 0 unspecified atom stereocenters. The van der Waals surface area contributed by atoms with Gasteiger partial charge in [0.2, 0.25) is 5.89 Å². The van der Waals surface area contributed by atoms with Crippen LogP contribution in [0.1, 0.15) is 22.6 Å². The van der Waals surface area contributed by atoms with E-state index < -0.39 is 0 Å². The number of hydrogen-bond donors (Lipinski definition) is 0. The molecule has 3 nitrogen and oxygen atoms in total. The Hall–Kier alpha value is -2.55. The van der Waals surface area contributed by atoms with E-state index >= 15 is 0 Å². The predicted octanol–water partition coefficient (Wildman–Crippen LogP) is 4.68. The number of nitrogens with zero attached hydrogens (tertiary/aromatic N) is 2. The molecule has 0 saturated heterocycles. The van der Waals surface area contributed by atoms with Gasteiger partial charge in [0.15, 0.2) is 5.58 Å². The Bertz CT molecular complexity index is 788. The Morgan fingerprint density at radius 3 is 2.32 bits per heavy atom. The zero-order chi connectivity index (χ0) is 15.7. The molecule has 0 amide bonds. The molecule has 1 heterocycles. The Labute approximate surface area is 130 Å². The van der Waals surface area contributed by atoms with Crippen molar-refractivity contribution in [2.24, 2.45) is 0 Å². The van der Waals surface area contributed by atoms with Gasteiger partial charge in [-0.3, -0.25) is 0 Å². The second kappa shape index (κ2) is 5.68. The van der Waals surface area contributed by atoms with Crippen molar-refractivity contribution in [3.8, 4) is 0 Å². The summed E-state index contributed by atoms with van der Waals surface area (Å²) in [4.78, 5) is 6.60. The highest BCUT2D eigenvalue weighted by Crippen LogP contribution is 2.21. The molecule has 3 aromatic rings. The van der Waals surface area contributed by atoms with Crippen LogP contribution in [0.2, 0.25) is 0 Å². The van der Waals surface area contributed by atoms with E-state index in [9.17, 15) is 0 Å². The largest absolute Gasteiger partial charge is 0.437 e. The highest BCUT2D eigenvalue weighted by atomic mass is 16.3. The number of aryl methyl sites for hydroxylation is 2. The van der Waals surface area contributed by atoms with E-state index in [1.54, 1.807) is 0 Å². The summed E-state index contributed by atoms with van der Waals surface area (Å²) in [5.41, 5.74) is 6.51. The second-order valence-electron chi connectivity index (χ2n) is 5.78. The Morgan fingerprint density at radius 2 is 1.64 bits per heavy atom. The summed E-state index contributed by atoms with van der Waals surface area (Å²) in [5, 5.41) is 0. The normalized spacial score (nSPS) is 11.5. The summed E-state index contributed by atoms with van der Waals surface area (Å²) < 4.78 is 5.78. The third kappa shape index (κ3) is 2.89. The molecule has 3 rings (SSSR count). The summed E-state index contributed by atoms with van der Waals surface area (Å²) in [7, 11) is 4.07. The van der Waals surface area contributed by atoms with Crippen LogP contribution in [0.4, 0.5) is 5.69 Å². The molecule has 0 saturated carbocycles. The lowest BCUT2D eigenvalue weighted by Crippen LogP contribution is -2.07. The third-order valence-corrected chi connectivity index (χ3v) is 3.85. The second-order valence-corrected chi connectivity index (χ2v) is 5.78. The monoisotopic (exact) mass is 292 g/mol. The van der Waals surface area contributed by atoms with Crippen molar-refractivity contribution < 1.29 is 4.42 Å². The van der Waals surface area contributed by atoms with Gasteiger partial charge in [-0.15, -0.1) is 0 Å². The minimum atomic E-state index is 0.636. The van der Waals surface area contributed by atoms with Crippen LogP contribution in [0.25, 0.3) is 23.3 Å². The van der Waals surface area contributed by atoms with Crippen LogP contribution in [0, 0.1) is 13.8 Å². The Morgan fingerprint density at radius 1 is 0.955 bits per heavy atom. The van der Waals surface area contributed by atoms with Crippen molar-refractivity contribution in [1.82, 2.24) is 4.98 Å². The molecule has 3 heteroatoms. The lowest BCUT2D eigenvalue weighted by molar-refractivity contribution is 0.589. The Balaban J connectivity index is 1.85. The zero-order valence-corrected chi connectivity index (χ0v) is 13.4. The van der Waals surface area contributed by atoms with Gasteiger partial charge in [0, 0.05) is 25.9 Å². The molecule has 0 radical (unpaired) electrons. The summed E-state index contributed by atoms with van der Waals surface area (Å²) in [6.07, 6.45) is 3.93. The van der Waals surface area contributed by atoms with E-state index in [1.165, 1.54) is 16.8 Å². The fourth-order valence-electron chi connectivity index (χ4n) is 2.32. The first-order valence-electron chi connectivity index (χ1n) is 7.36. The Kier molecular flexibility index (Phi) is 3.72. The van der Waals surface area contributed by atoms with Crippen LogP contribution in [-0.2, 0) is 0 Å². The SMILES string of the molecule is Cc1cc2nc(C=Cc3ccc(N(C)C)cc3)oc2cc1C. The quantitative estimate of drug-likeness (QED) is 0.702. The van der Waals surface area contributed by atoms with E-state index in [0.29, 0.717) is 5.89 Å². The molecule has 1 aromatic heterocycles. The minimum Gasteiger partial charge on any atom is -0.437 e. The lowest BCUT2D eigenvalue weighted by Gasteiger charge is -2.11. The molecule has 0 bridgehead atoms. The van der Waals surface area contributed by atoms with Crippen LogP contribution < -0.4 is 4.90 Å². The first kappa shape index (κ1) is 14.4. The maximum Gasteiger partial charge on any atom is 0.220 e. The maximum atomic E-state index is 5.78. The molecule has 0 aliphatic rings. The molecule has 2 aromatic carbocycles. The first-order valence-corrected chi connectivity index (χ1v) is 7.36. The van der Waals surface area contributed by atoms with Crippen molar-refractivity contribution in [3.05, 3.63) is 59.0 Å². The van der Waals surface area contributed by atoms with Gasteiger partial charge in [0.25, 0.3) is 0 Å². The van der Waals surface area contributed by atoms with Crippen molar-refractivity contribution in [3.63, 3.8) is 0 Å². The smallest absolute Gasteiger partial charge is 0.220 e. The number of oxazole rings is 1. The average Bonchev–Trinajstić information content (AvgIpc) is 2.88. The average molecular weight is 292 g/mol. The van der Waals surface area contributed by atoms with Gasteiger partial charge in [-0.2, -0.15) is 0 Å². The van der Waals surface area contributed by atoms with Crippen molar-refractivity contribution in [2.45, 2.75) is 13.8 Å². The number of aromatic nitrogens is 1. The number of fused-ring (bicyclic) bond motifs is 1. The lowest BCUT2D eigenvalue weighted by atomic mass is 10.1. The molecule has 0 spiro atoms. The highest BCUT2D eigenvalue weighted by Gasteiger charge is 2.05. The fourth-order valence-corrected chi connectivity index (χ4v) is 2.32. The number of anilines is 1. The topological polar surface area (TPSA) is 29.3 Å². The van der Waals surface area contributed by atoms with Gasteiger partial charge in [0.05, 0.1) is 0 Å². The van der Waals surface area contributed by atoms with Crippen molar-refractivity contribution in [1.29, 1.82) is 0 Å². The van der Waals surface area contributed by atoms with E-state index in [1.807, 2.05) is 32.3 Å². The summed E-state index contributed by atoms with van der Waals surface area (Å²) in [6.45, 7) is 4.17. The maximum absolute atomic E-state index is 5.78. The first-order chi connectivity index (χ1) is 10.5. The molecular weight excluding hydrogens is 272 g/mol. The van der Waals surface area contributed by atoms with Gasteiger partial charge in [-0.05, 0) is 60.9 Å². The fraction of sp³-hybridized carbons (Fsp3) is 0.211. The molecule has 0 aliphatic heterocycles. The van der Waals surface area contributed by atoms with Crippen LogP contribution in [0.5, 0.6) is 0 Å². The third-order valence-electron chi connectivity index (χ3n) is 3.85.